The van der Waals surface area contributed by atoms with Crippen molar-refractivity contribution in [2.24, 2.45) is 0 Å². The molecule has 1 aromatic carbocycles. The maximum atomic E-state index is 6.00. The van der Waals surface area contributed by atoms with Gasteiger partial charge in [-0.15, -0.1) is 0 Å². The van der Waals surface area contributed by atoms with Gasteiger partial charge in [-0.3, -0.25) is 0 Å². The zero-order valence-corrected chi connectivity index (χ0v) is 13.0. The molecule has 0 fully saturated rings. The molecule has 0 spiro atoms. The molecule has 0 bridgehead atoms. The summed E-state index contributed by atoms with van der Waals surface area (Å²) in [4.78, 5) is 10.2. The van der Waals surface area contributed by atoms with E-state index in [1.807, 2.05) is 43.1 Å². The lowest BCUT2D eigenvalue weighted by atomic mass is 10.2. The van der Waals surface area contributed by atoms with E-state index in [-0.39, 0.29) is 5.28 Å². The SMILES string of the molecule is Cc1nc(Cl)nc(N(C)Cc2ccc(Br)cc2)c1N. The van der Waals surface area contributed by atoms with Crippen LogP contribution in [0, 0.1) is 6.92 Å². The Labute approximate surface area is 125 Å². The number of aryl methyl sites for hydroxylation is 1. The number of nitrogen functional groups attached to an aromatic ring is 1. The number of rotatable bonds is 3. The number of benzene rings is 1. The van der Waals surface area contributed by atoms with Gasteiger partial charge in [-0.25, -0.2) is 4.98 Å². The summed E-state index contributed by atoms with van der Waals surface area (Å²) in [5, 5.41) is 0.212. The van der Waals surface area contributed by atoms with Crippen molar-refractivity contribution < 1.29 is 0 Å². The van der Waals surface area contributed by atoms with Gasteiger partial charge in [0, 0.05) is 18.1 Å². The third-order valence-corrected chi connectivity index (χ3v) is 3.48. The molecule has 19 heavy (non-hydrogen) atoms. The summed E-state index contributed by atoms with van der Waals surface area (Å²) in [6, 6.07) is 8.11. The van der Waals surface area contributed by atoms with E-state index in [0.717, 1.165) is 10.0 Å². The quantitative estimate of drug-likeness (QED) is 0.869. The summed E-state index contributed by atoms with van der Waals surface area (Å²) in [5.74, 6) is 0.653. The molecule has 0 radical (unpaired) electrons. The molecule has 6 heteroatoms. The zero-order chi connectivity index (χ0) is 14.0. The first kappa shape index (κ1) is 14.1. The topological polar surface area (TPSA) is 55.0 Å². The minimum Gasteiger partial charge on any atom is -0.394 e. The number of aromatic nitrogens is 2. The molecule has 0 atom stereocenters. The number of nitrogens with two attached hydrogens (primary N) is 1. The van der Waals surface area contributed by atoms with E-state index < -0.39 is 0 Å². The Hall–Kier alpha value is -1.33. The van der Waals surface area contributed by atoms with E-state index in [0.29, 0.717) is 23.7 Å². The molecular formula is C13H14BrClN4. The second kappa shape index (κ2) is 5.75. The molecule has 0 aliphatic carbocycles. The predicted octanol–water partition coefficient (Wildman–Crippen LogP) is 3.42. The van der Waals surface area contributed by atoms with Crippen molar-refractivity contribution in [3.8, 4) is 0 Å². The Morgan fingerprint density at radius 3 is 2.53 bits per heavy atom. The number of halogens is 2. The first-order valence-electron chi connectivity index (χ1n) is 5.72. The number of anilines is 2. The first-order valence-corrected chi connectivity index (χ1v) is 6.89. The van der Waals surface area contributed by atoms with Crippen molar-refractivity contribution in [3.05, 3.63) is 45.3 Å². The van der Waals surface area contributed by atoms with Gasteiger partial charge in [0.25, 0.3) is 0 Å². The first-order chi connectivity index (χ1) is 8.97. The van der Waals surface area contributed by atoms with Gasteiger partial charge in [0.05, 0.1) is 11.4 Å². The number of nitrogens with zero attached hydrogens (tertiary/aromatic N) is 3. The maximum absolute atomic E-state index is 6.00. The van der Waals surface area contributed by atoms with Crippen LogP contribution in [-0.4, -0.2) is 17.0 Å². The minimum absolute atomic E-state index is 0.212. The second-order valence-corrected chi connectivity index (χ2v) is 5.55. The third kappa shape index (κ3) is 3.36. The molecular weight excluding hydrogens is 328 g/mol. The summed E-state index contributed by atoms with van der Waals surface area (Å²) < 4.78 is 1.05. The van der Waals surface area contributed by atoms with Crippen molar-refractivity contribution in [2.45, 2.75) is 13.5 Å². The number of hydrogen-bond acceptors (Lipinski definition) is 4. The Kier molecular flexibility index (Phi) is 4.27. The van der Waals surface area contributed by atoms with Crippen molar-refractivity contribution in [1.82, 2.24) is 9.97 Å². The molecule has 0 amide bonds. The van der Waals surface area contributed by atoms with Crippen LogP contribution in [-0.2, 0) is 6.54 Å². The van der Waals surface area contributed by atoms with Crippen LogP contribution in [0.2, 0.25) is 5.28 Å². The molecule has 2 rings (SSSR count). The van der Waals surface area contributed by atoms with Gasteiger partial charge < -0.3 is 10.6 Å². The van der Waals surface area contributed by atoms with Gasteiger partial charge in [0.2, 0.25) is 5.28 Å². The second-order valence-electron chi connectivity index (χ2n) is 4.30. The molecule has 0 saturated carbocycles. The molecule has 4 nitrogen and oxygen atoms in total. The molecule has 0 unspecified atom stereocenters. The average molecular weight is 342 g/mol. The van der Waals surface area contributed by atoms with Crippen LogP contribution >= 0.6 is 27.5 Å². The van der Waals surface area contributed by atoms with Gasteiger partial charge in [-0.2, -0.15) is 4.98 Å². The lowest BCUT2D eigenvalue weighted by Gasteiger charge is -2.20. The van der Waals surface area contributed by atoms with Crippen molar-refractivity contribution in [2.75, 3.05) is 17.7 Å². The van der Waals surface area contributed by atoms with E-state index in [1.165, 1.54) is 0 Å². The average Bonchev–Trinajstić information content (AvgIpc) is 2.36. The highest BCUT2D eigenvalue weighted by Crippen LogP contribution is 2.25. The monoisotopic (exact) mass is 340 g/mol. The summed E-state index contributed by atoms with van der Waals surface area (Å²) >= 11 is 9.29. The normalized spacial score (nSPS) is 10.5. The van der Waals surface area contributed by atoms with Crippen molar-refractivity contribution in [1.29, 1.82) is 0 Å². The molecule has 100 valence electrons. The van der Waals surface area contributed by atoms with Gasteiger partial charge in [0.15, 0.2) is 5.82 Å². The fourth-order valence-electron chi connectivity index (χ4n) is 1.76. The van der Waals surface area contributed by atoms with Gasteiger partial charge >= 0.3 is 0 Å². The highest BCUT2D eigenvalue weighted by Gasteiger charge is 2.12. The maximum Gasteiger partial charge on any atom is 0.224 e. The highest BCUT2D eigenvalue weighted by atomic mass is 79.9. The predicted molar refractivity (Wildman–Crippen MR) is 82.4 cm³/mol. The molecule has 0 aliphatic heterocycles. The van der Waals surface area contributed by atoms with Crippen LogP contribution in [0.1, 0.15) is 11.3 Å². The van der Waals surface area contributed by atoms with Crippen LogP contribution in [0.3, 0.4) is 0 Å². The highest BCUT2D eigenvalue weighted by molar-refractivity contribution is 9.10. The third-order valence-electron chi connectivity index (χ3n) is 2.78. The number of hydrogen-bond donors (Lipinski definition) is 1. The van der Waals surface area contributed by atoms with Crippen LogP contribution in [0.4, 0.5) is 11.5 Å². The summed E-state index contributed by atoms with van der Waals surface area (Å²) in [6.45, 7) is 2.52. The molecule has 2 aromatic rings. The molecule has 0 saturated heterocycles. The minimum atomic E-state index is 0.212. The lowest BCUT2D eigenvalue weighted by molar-refractivity contribution is 0.889. The van der Waals surface area contributed by atoms with Crippen molar-refractivity contribution >= 4 is 39.0 Å². The Morgan fingerprint density at radius 1 is 1.26 bits per heavy atom. The van der Waals surface area contributed by atoms with Gasteiger partial charge in [0.1, 0.15) is 0 Å². The smallest absolute Gasteiger partial charge is 0.224 e. The Balaban J connectivity index is 2.24. The van der Waals surface area contributed by atoms with Crippen molar-refractivity contribution in [3.63, 3.8) is 0 Å². The van der Waals surface area contributed by atoms with Gasteiger partial charge in [-0.1, -0.05) is 28.1 Å². The van der Waals surface area contributed by atoms with Gasteiger partial charge in [-0.05, 0) is 36.2 Å². The molecule has 0 aliphatic rings. The Morgan fingerprint density at radius 2 is 1.89 bits per heavy atom. The largest absolute Gasteiger partial charge is 0.394 e. The van der Waals surface area contributed by atoms with E-state index in [2.05, 4.69) is 25.9 Å². The standard InChI is InChI=1S/C13H14BrClN4/c1-8-11(16)12(18-13(15)17-8)19(2)7-9-3-5-10(14)6-4-9/h3-6H,7,16H2,1-2H3. The summed E-state index contributed by atoms with van der Waals surface area (Å²) in [7, 11) is 1.93. The van der Waals surface area contributed by atoms with Crippen LogP contribution < -0.4 is 10.6 Å². The van der Waals surface area contributed by atoms with E-state index in [4.69, 9.17) is 17.3 Å². The Bertz CT molecular complexity index is 586. The van der Waals surface area contributed by atoms with E-state index >= 15 is 0 Å². The molecule has 1 aromatic heterocycles. The van der Waals surface area contributed by atoms with E-state index in [9.17, 15) is 0 Å². The van der Waals surface area contributed by atoms with Crippen LogP contribution in [0.5, 0.6) is 0 Å². The van der Waals surface area contributed by atoms with Crippen LogP contribution in [0.15, 0.2) is 28.7 Å². The fourth-order valence-corrected chi connectivity index (χ4v) is 2.23. The van der Waals surface area contributed by atoms with E-state index in [1.54, 1.807) is 0 Å². The molecule has 1 heterocycles. The molecule has 2 N–H and O–H groups in total. The fraction of sp³-hybridized carbons (Fsp3) is 0.231. The lowest BCUT2D eigenvalue weighted by Crippen LogP contribution is -2.20. The summed E-state index contributed by atoms with van der Waals surface area (Å²) in [5.41, 5.74) is 8.41. The summed E-state index contributed by atoms with van der Waals surface area (Å²) in [6.07, 6.45) is 0. The zero-order valence-electron chi connectivity index (χ0n) is 10.7. The van der Waals surface area contributed by atoms with Crippen LogP contribution in [0.25, 0.3) is 0 Å².